The van der Waals surface area contributed by atoms with E-state index in [2.05, 4.69) is 59.9 Å². The third kappa shape index (κ3) is 2.29. The van der Waals surface area contributed by atoms with Crippen molar-refractivity contribution in [3.05, 3.63) is 65.7 Å². The first-order valence-corrected chi connectivity index (χ1v) is 5.83. The van der Waals surface area contributed by atoms with Crippen molar-refractivity contribution >= 4 is 18.1 Å². The third-order valence-corrected chi connectivity index (χ3v) is 3.29. The van der Waals surface area contributed by atoms with E-state index in [4.69, 9.17) is 0 Å². The maximum Gasteiger partial charge on any atom is 0.0379 e. The zero-order chi connectivity index (χ0) is 10.8. The molecule has 88 valence electrons. The number of anilines is 1. The van der Waals surface area contributed by atoms with Crippen LogP contribution in [0.1, 0.15) is 23.5 Å². The molecule has 0 radical (unpaired) electrons. The van der Waals surface area contributed by atoms with E-state index in [1.165, 1.54) is 23.2 Å². The number of para-hydroxylation sites is 1. The Hall–Kier alpha value is -1.47. The van der Waals surface area contributed by atoms with Gasteiger partial charge in [0.25, 0.3) is 0 Å². The van der Waals surface area contributed by atoms with E-state index in [1.807, 2.05) is 0 Å². The highest BCUT2D eigenvalue weighted by Gasteiger charge is 2.20. The number of rotatable bonds is 1. The molecule has 0 bridgehead atoms. The molecule has 0 spiro atoms. The molecule has 1 atom stereocenters. The van der Waals surface area contributed by atoms with Crippen LogP contribution in [0, 0.1) is 0 Å². The van der Waals surface area contributed by atoms with E-state index in [1.54, 1.807) is 0 Å². The summed E-state index contributed by atoms with van der Waals surface area (Å²) in [6, 6.07) is 19.4. The first-order chi connectivity index (χ1) is 7.95. The van der Waals surface area contributed by atoms with Gasteiger partial charge < -0.3 is 5.32 Å². The Kier molecular flexibility index (Phi) is 3.70. The van der Waals surface area contributed by atoms with Crippen LogP contribution >= 0.6 is 12.4 Å². The maximum atomic E-state index is 3.46. The van der Waals surface area contributed by atoms with Gasteiger partial charge in [-0.25, -0.2) is 0 Å². The number of halogens is 1. The topological polar surface area (TPSA) is 12.0 Å². The van der Waals surface area contributed by atoms with Crippen LogP contribution in [0.2, 0.25) is 0 Å². The highest BCUT2D eigenvalue weighted by molar-refractivity contribution is 5.85. The highest BCUT2D eigenvalue weighted by atomic mass is 35.5. The monoisotopic (exact) mass is 245 g/mol. The van der Waals surface area contributed by atoms with Gasteiger partial charge in [0.15, 0.2) is 0 Å². The molecular formula is C15H16ClN. The first-order valence-electron chi connectivity index (χ1n) is 5.83. The van der Waals surface area contributed by atoms with E-state index < -0.39 is 0 Å². The molecule has 0 amide bonds. The summed E-state index contributed by atoms with van der Waals surface area (Å²) in [7, 11) is 0. The van der Waals surface area contributed by atoms with E-state index in [9.17, 15) is 0 Å². The summed E-state index contributed by atoms with van der Waals surface area (Å²) in [5, 5.41) is 3.46. The van der Waals surface area contributed by atoms with Crippen LogP contribution < -0.4 is 5.32 Å². The molecule has 2 aromatic carbocycles. The van der Waals surface area contributed by atoms with Crippen molar-refractivity contribution in [1.82, 2.24) is 0 Å². The summed E-state index contributed by atoms with van der Waals surface area (Å²) in [4.78, 5) is 0. The standard InChI is InChI=1S/C15H15N.ClH/c1-2-6-12(7-3-1)13-10-11-16-15-9-5-4-8-14(13)15;/h1-9,13,16H,10-11H2;1H/t13-;/m0./s1. The van der Waals surface area contributed by atoms with Crippen LogP contribution in [-0.4, -0.2) is 6.54 Å². The molecule has 2 aromatic rings. The summed E-state index contributed by atoms with van der Waals surface area (Å²) in [6.07, 6.45) is 1.18. The smallest absolute Gasteiger partial charge is 0.0379 e. The van der Waals surface area contributed by atoms with Crippen molar-refractivity contribution in [3.8, 4) is 0 Å². The second-order valence-electron chi connectivity index (χ2n) is 4.27. The van der Waals surface area contributed by atoms with Gasteiger partial charge in [0.1, 0.15) is 0 Å². The number of fused-ring (bicyclic) bond motifs is 1. The Morgan fingerprint density at radius 3 is 2.41 bits per heavy atom. The predicted molar refractivity (Wildman–Crippen MR) is 75.1 cm³/mol. The van der Waals surface area contributed by atoms with E-state index >= 15 is 0 Å². The van der Waals surface area contributed by atoms with E-state index in [-0.39, 0.29) is 12.4 Å². The molecule has 2 heteroatoms. The number of hydrogen-bond donors (Lipinski definition) is 1. The van der Waals surface area contributed by atoms with Gasteiger partial charge in [0.2, 0.25) is 0 Å². The van der Waals surface area contributed by atoms with Crippen LogP contribution in [-0.2, 0) is 0 Å². The van der Waals surface area contributed by atoms with Gasteiger partial charge in [-0.15, -0.1) is 12.4 Å². The van der Waals surface area contributed by atoms with Crippen LogP contribution in [0.5, 0.6) is 0 Å². The van der Waals surface area contributed by atoms with Crippen molar-refractivity contribution in [2.45, 2.75) is 12.3 Å². The SMILES string of the molecule is Cl.c1ccc([C@@H]2CCNc3ccccc32)cc1. The first kappa shape index (κ1) is 12.0. The summed E-state index contributed by atoms with van der Waals surface area (Å²) < 4.78 is 0. The van der Waals surface area contributed by atoms with Gasteiger partial charge in [-0.1, -0.05) is 48.5 Å². The largest absolute Gasteiger partial charge is 0.385 e. The van der Waals surface area contributed by atoms with Crippen molar-refractivity contribution in [1.29, 1.82) is 0 Å². The molecule has 1 nitrogen and oxygen atoms in total. The van der Waals surface area contributed by atoms with Crippen molar-refractivity contribution in [3.63, 3.8) is 0 Å². The molecule has 3 rings (SSSR count). The number of nitrogens with one attached hydrogen (secondary N) is 1. The van der Waals surface area contributed by atoms with Crippen molar-refractivity contribution in [2.75, 3.05) is 11.9 Å². The average Bonchev–Trinajstić information content (AvgIpc) is 2.39. The molecule has 0 saturated heterocycles. The van der Waals surface area contributed by atoms with Gasteiger partial charge in [0.05, 0.1) is 0 Å². The summed E-state index contributed by atoms with van der Waals surface area (Å²) in [5.74, 6) is 0.554. The second-order valence-corrected chi connectivity index (χ2v) is 4.27. The Bertz CT molecular complexity index is 481. The molecule has 1 heterocycles. The molecule has 1 aliphatic rings. The van der Waals surface area contributed by atoms with Crippen LogP contribution in [0.25, 0.3) is 0 Å². The van der Waals surface area contributed by atoms with Gasteiger partial charge in [0, 0.05) is 18.2 Å². The minimum absolute atomic E-state index is 0. The quantitative estimate of drug-likeness (QED) is 0.799. The molecule has 0 saturated carbocycles. The van der Waals surface area contributed by atoms with Crippen LogP contribution in [0.15, 0.2) is 54.6 Å². The molecule has 0 aromatic heterocycles. The normalized spacial score (nSPS) is 17.5. The predicted octanol–water partition coefficient (Wildman–Crippen LogP) is 4.06. The number of benzene rings is 2. The zero-order valence-electron chi connectivity index (χ0n) is 9.60. The fraction of sp³-hybridized carbons (Fsp3) is 0.200. The van der Waals surface area contributed by atoms with Gasteiger partial charge in [-0.05, 0) is 23.6 Å². The molecule has 17 heavy (non-hydrogen) atoms. The zero-order valence-corrected chi connectivity index (χ0v) is 10.4. The lowest BCUT2D eigenvalue weighted by atomic mass is 9.85. The molecule has 1 aliphatic heterocycles. The number of hydrogen-bond acceptors (Lipinski definition) is 1. The van der Waals surface area contributed by atoms with E-state index in [0.29, 0.717) is 5.92 Å². The van der Waals surface area contributed by atoms with E-state index in [0.717, 1.165) is 6.54 Å². The Balaban J connectivity index is 0.00000108. The molecule has 0 aliphatic carbocycles. The van der Waals surface area contributed by atoms with Gasteiger partial charge in [-0.2, -0.15) is 0 Å². The molecule has 0 unspecified atom stereocenters. The minimum Gasteiger partial charge on any atom is -0.385 e. The maximum absolute atomic E-state index is 3.46. The summed E-state index contributed by atoms with van der Waals surface area (Å²) in [5.41, 5.74) is 4.15. The lowest BCUT2D eigenvalue weighted by Crippen LogP contribution is -2.17. The average molecular weight is 246 g/mol. The molecule has 1 N–H and O–H groups in total. The summed E-state index contributed by atoms with van der Waals surface area (Å²) in [6.45, 7) is 1.07. The van der Waals surface area contributed by atoms with Crippen molar-refractivity contribution < 1.29 is 0 Å². The third-order valence-electron chi connectivity index (χ3n) is 3.29. The minimum atomic E-state index is 0. The Morgan fingerprint density at radius 1 is 0.882 bits per heavy atom. The van der Waals surface area contributed by atoms with Crippen molar-refractivity contribution in [2.24, 2.45) is 0 Å². The lowest BCUT2D eigenvalue weighted by molar-refractivity contribution is 0.720. The molecule has 0 fully saturated rings. The fourth-order valence-electron chi connectivity index (χ4n) is 2.50. The highest BCUT2D eigenvalue weighted by Crippen LogP contribution is 2.35. The second kappa shape index (κ2) is 5.24. The fourth-order valence-corrected chi connectivity index (χ4v) is 2.50. The summed E-state index contributed by atoms with van der Waals surface area (Å²) >= 11 is 0. The van der Waals surface area contributed by atoms with Crippen LogP contribution in [0.3, 0.4) is 0 Å². The van der Waals surface area contributed by atoms with Gasteiger partial charge >= 0.3 is 0 Å². The van der Waals surface area contributed by atoms with Gasteiger partial charge in [-0.3, -0.25) is 0 Å². The Labute approximate surface area is 108 Å². The Morgan fingerprint density at radius 2 is 1.59 bits per heavy atom. The molecular weight excluding hydrogens is 230 g/mol. The van der Waals surface area contributed by atoms with Crippen LogP contribution in [0.4, 0.5) is 5.69 Å². The lowest BCUT2D eigenvalue weighted by Gasteiger charge is -2.27.